The number of benzene rings is 1. The van der Waals surface area contributed by atoms with Crippen LogP contribution in [0.2, 0.25) is 0 Å². The predicted octanol–water partition coefficient (Wildman–Crippen LogP) is 2.53. The van der Waals surface area contributed by atoms with Crippen LogP contribution >= 0.6 is 0 Å². The van der Waals surface area contributed by atoms with Crippen molar-refractivity contribution in [1.29, 1.82) is 0 Å². The number of halogens is 1. The normalized spacial score (nSPS) is 19.7. The number of nitrogens with zero attached hydrogens (tertiary/aromatic N) is 1. The van der Waals surface area contributed by atoms with Crippen molar-refractivity contribution in [2.45, 2.75) is 38.3 Å². The molecule has 1 fully saturated rings. The Bertz CT molecular complexity index is 440. The van der Waals surface area contributed by atoms with Crippen LogP contribution in [0.4, 0.5) is 4.39 Å². The average molecular weight is 267 g/mol. The third-order valence-corrected chi connectivity index (χ3v) is 4.03. The van der Waals surface area contributed by atoms with Gasteiger partial charge < -0.3 is 14.7 Å². The van der Waals surface area contributed by atoms with E-state index < -0.39 is 5.60 Å². The molecule has 4 heteroatoms. The molecule has 0 radical (unpaired) electrons. The largest absolute Gasteiger partial charge is 0.497 e. The summed E-state index contributed by atoms with van der Waals surface area (Å²) in [7, 11) is 1.50. The maximum absolute atomic E-state index is 14.1. The highest BCUT2D eigenvalue weighted by atomic mass is 19.1. The number of likely N-dealkylation sites (tertiary alicyclic amines) is 1. The van der Waals surface area contributed by atoms with E-state index in [2.05, 4.69) is 18.7 Å². The standard InChI is InChI=1S/C15H22FNO2/c1-11(2)17-8-6-15(18,7-9-17)13-5-4-12(19-3)10-14(13)16/h4-5,10-11,18H,6-9H2,1-3H3. The summed E-state index contributed by atoms with van der Waals surface area (Å²) < 4.78 is 19.1. The van der Waals surface area contributed by atoms with Crippen LogP contribution < -0.4 is 4.74 Å². The van der Waals surface area contributed by atoms with Gasteiger partial charge in [-0.05, 0) is 38.8 Å². The molecule has 1 heterocycles. The fourth-order valence-corrected chi connectivity index (χ4v) is 2.68. The van der Waals surface area contributed by atoms with Gasteiger partial charge in [0.2, 0.25) is 0 Å². The van der Waals surface area contributed by atoms with Crippen molar-refractivity contribution in [3.63, 3.8) is 0 Å². The Morgan fingerprint density at radius 3 is 2.42 bits per heavy atom. The molecule has 0 aromatic heterocycles. The van der Waals surface area contributed by atoms with Gasteiger partial charge in [0.25, 0.3) is 0 Å². The smallest absolute Gasteiger partial charge is 0.132 e. The topological polar surface area (TPSA) is 32.7 Å². The number of hydrogen-bond donors (Lipinski definition) is 1. The highest BCUT2D eigenvalue weighted by Crippen LogP contribution is 2.35. The van der Waals surface area contributed by atoms with E-state index in [1.54, 1.807) is 12.1 Å². The third-order valence-electron chi connectivity index (χ3n) is 4.03. The molecule has 1 aromatic rings. The summed E-state index contributed by atoms with van der Waals surface area (Å²) in [6, 6.07) is 5.14. The SMILES string of the molecule is COc1ccc(C2(O)CCN(C(C)C)CC2)c(F)c1. The second-order valence-corrected chi connectivity index (χ2v) is 5.51. The highest BCUT2D eigenvalue weighted by Gasteiger charge is 2.36. The van der Waals surface area contributed by atoms with Gasteiger partial charge in [-0.3, -0.25) is 0 Å². The van der Waals surface area contributed by atoms with Crippen molar-refractivity contribution in [2.24, 2.45) is 0 Å². The molecule has 3 nitrogen and oxygen atoms in total. The summed E-state index contributed by atoms with van der Waals surface area (Å²) in [6.45, 7) is 5.86. The Morgan fingerprint density at radius 2 is 1.95 bits per heavy atom. The zero-order chi connectivity index (χ0) is 14.0. The fourth-order valence-electron chi connectivity index (χ4n) is 2.68. The van der Waals surface area contributed by atoms with Gasteiger partial charge in [0, 0.05) is 30.8 Å². The minimum absolute atomic E-state index is 0.386. The van der Waals surface area contributed by atoms with Crippen molar-refractivity contribution in [3.05, 3.63) is 29.6 Å². The van der Waals surface area contributed by atoms with E-state index in [0.717, 1.165) is 13.1 Å². The Morgan fingerprint density at radius 1 is 1.32 bits per heavy atom. The second kappa shape index (κ2) is 5.47. The van der Waals surface area contributed by atoms with Gasteiger partial charge in [-0.25, -0.2) is 4.39 Å². The first-order valence-electron chi connectivity index (χ1n) is 6.77. The molecule has 0 aliphatic carbocycles. The number of hydrogen-bond acceptors (Lipinski definition) is 3. The van der Waals surface area contributed by atoms with Crippen LogP contribution in [-0.2, 0) is 5.60 Å². The van der Waals surface area contributed by atoms with Crippen LogP contribution in [0.3, 0.4) is 0 Å². The van der Waals surface area contributed by atoms with Crippen molar-refractivity contribution in [1.82, 2.24) is 4.90 Å². The van der Waals surface area contributed by atoms with Gasteiger partial charge in [0.1, 0.15) is 11.6 Å². The minimum Gasteiger partial charge on any atom is -0.497 e. The molecule has 106 valence electrons. The molecule has 2 rings (SSSR count). The lowest BCUT2D eigenvalue weighted by Crippen LogP contribution is -2.45. The number of piperidine rings is 1. The summed E-state index contributed by atoms with van der Waals surface area (Å²) in [5.74, 6) is 0.0873. The van der Waals surface area contributed by atoms with E-state index in [-0.39, 0.29) is 5.82 Å². The Labute approximate surface area is 114 Å². The van der Waals surface area contributed by atoms with Crippen LogP contribution in [0.5, 0.6) is 5.75 Å². The average Bonchev–Trinajstić information content (AvgIpc) is 2.38. The predicted molar refractivity (Wildman–Crippen MR) is 72.8 cm³/mol. The molecule has 19 heavy (non-hydrogen) atoms. The number of ether oxygens (including phenoxy) is 1. The lowest BCUT2D eigenvalue weighted by Gasteiger charge is -2.40. The quantitative estimate of drug-likeness (QED) is 0.913. The molecule has 1 N–H and O–H groups in total. The summed E-state index contributed by atoms with van der Waals surface area (Å²) in [5, 5.41) is 10.7. The first kappa shape index (κ1) is 14.3. The summed E-state index contributed by atoms with van der Waals surface area (Å²) in [4.78, 5) is 2.30. The van der Waals surface area contributed by atoms with Crippen molar-refractivity contribution >= 4 is 0 Å². The van der Waals surface area contributed by atoms with Crippen molar-refractivity contribution < 1.29 is 14.2 Å². The van der Waals surface area contributed by atoms with E-state index in [1.807, 2.05) is 0 Å². The van der Waals surface area contributed by atoms with Crippen LogP contribution in [0, 0.1) is 5.82 Å². The second-order valence-electron chi connectivity index (χ2n) is 5.51. The molecule has 1 aliphatic rings. The molecule has 1 aliphatic heterocycles. The molecule has 1 saturated heterocycles. The summed E-state index contributed by atoms with van der Waals surface area (Å²) in [6.07, 6.45) is 1.13. The molecule has 0 spiro atoms. The van der Waals surface area contributed by atoms with Gasteiger partial charge in [-0.15, -0.1) is 0 Å². The zero-order valence-corrected chi connectivity index (χ0v) is 11.8. The first-order chi connectivity index (χ1) is 8.96. The van der Waals surface area contributed by atoms with E-state index >= 15 is 0 Å². The van der Waals surface area contributed by atoms with Gasteiger partial charge in [-0.1, -0.05) is 0 Å². The summed E-state index contributed by atoms with van der Waals surface area (Å²) in [5.41, 5.74) is -0.668. The van der Waals surface area contributed by atoms with Gasteiger partial charge >= 0.3 is 0 Å². The van der Waals surface area contributed by atoms with Crippen LogP contribution in [0.1, 0.15) is 32.3 Å². The molecular weight excluding hydrogens is 245 g/mol. The van der Waals surface area contributed by atoms with E-state index in [9.17, 15) is 9.50 Å². The van der Waals surface area contributed by atoms with Gasteiger partial charge in [-0.2, -0.15) is 0 Å². The fraction of sp³-hybridized carbons (Fsp3) is 0.600. The number of rotatable bonds is 3. The van der Waals surface area contributed by atoms with Crippen LogP contribution in [-0.4, -0.2) is 36.2 Å². The van der Waals surface area contributed by atoms with E-state index in [4.69, 9.17) is 4.74 Å². The Hall–Kier alpha value is -1.13. The zero-order valence-electron chi connectivity index (χ0n) is 11.8. The van der Waals surface area contributed by atoms with Crippen LogP contribution in [0.25, 0.3) is 0 Å². The van der Waals surface area contributed by atoms with Gasteiger partial charge in [0.05, 0.1) is 12.7 Å². The minimum atomic E-state index is -1.05. The molecule has 0 saturated carbocycles. The number of methoxy groups -OCH3 is 1. The Balaban J connectivity index is 2.18. The maximum atomic E-state index is 14.1. The first-order valence-corrected chi connectivity index (χ1v) is 6.77. The molecule has 0 atom stereocenters. The lowest BCUT2D eigenvalue weighted by atomic mass is 9.83. The molecule has 0 unspecified atom stereocenters. The lowest BCUT2D eigenvalue weighted by molar-refractivity contribution is -0.0348. The Kier molecular flexibility index (Phi) is 4.11. The van der Waals surface area contributed by atoms with Crippen molar-refractivity contribution in [3.8, 4) is 5.75 Å². The van der Waals surface area contributed by atoms with E-state index in [1.165, 1.54) is 13.2 Å². The number of aliphatic hydroxyl groups is 1. The molecule has 0 bridgehead atoms. The summed E-state index contributed by atoms with van der Waals surface area (Å²) >= 11 is 0. The molecule has 0 amide bonds. The highest BCUT2D eigenvalue weighted by molar-refractivity contribution is 5.33. The third kappa shape index (κ3) is 2.90. The van der Waals surface area contributed by atoms with Crippen LogP contribution in [0.15, 0.2) is 18.2 Å². The maximum Gasteiger partial charge on any atom is 0.132 e. The molecule has 1 aromatic carbocycles. The van der Waals surface area contributed by atoms with Gasteiger partial charge in [0.15, 0.2) is 0 Å². The molecular formula is C15H22FNO2. The van der Waals surface area contributed by atoms with Crippen molar-refractivity contribution in [2.75, 3.05) is 20.2 Å². The monoisotopic (exact) mass is 267 g/mol. The van der Waals surface area contributed by atoms with E-state index in [0.29, 0.717) is 30.2 Å².